The first kappa shape index (κ1) is 24.9. The highest BCUT2D eigenvalue weighted by Crippen LogP contribution is 2.43. The lowest BCUT2D eigenvalue weighted by molar-refractivity contribution is -0.138. The molecule has 8 heteroatoms. The second-order valence-electron chi connectivity index (χ2n) is 8.66. The molecule has 5 nitrogen and oxygen atoms in total. The van der Waals surface area contributed by atoms with Crippen molar-refractivity contribution in [2.24, 2.45) is 0 Å². The number of likely N-dealkylation sites (tertiary alicyclic amines) is 1. The minimum atomic E-state index is -4.66. The molecule has 0 aromatic heterocycles. The van der Waals surface area contributed by atoms with Gasteiger partial charge in [0, 0.05) is 18.2 Å². The molecule has 0 spiro atoms. The molecule has 1 heterocycles. The molecule has 1 aliphatic rings. The molecule has 186 valence electrons. The van der Waals surface area contributed by atoms with Crippen molar-refractivity contribution in [1.82, 2.24) is 4.90 Å². The fourth-order valence-corrected chi connectivity index (χ4v) is 4.90. The molecule has 1 atom stereocenters. The first-order valence-electron chi connectivity index (χ1n) is 11.3. The van der Waals surface area contributed by atoms with Crippen molar-refractivity contribution in [3.8, 4) is 17.2 Å². The van der Waals surface area contributed by atoms with Crippen LogP contribution in [-0.2, 0) is 18.3 Å². The average molecular weight is 488 g/mol. The van der Waals surface area contributed by atoms with Crippen molar-refractivity contribution >= 4 is 0 Å². The third-order valence-corrected chi connectivity index (χ3v) is 6.70. The summed E-state index contributed by atoms with van der Waals surface area (Å²) in [5.41, 5.74) is -1.10. The van der Waals surface area contributed by atoms with Gasteiger partial charge in [-0.05, 0) is 60.8 Å². The number of hydrogen-bond acceptors (Lipinski definition) is 5. The van der Waals surface area contributed by atoms with Gasteiger partial charge in [0.2, 0.25) is 0 Å². The zero-order valence-corrected chi connectivity index (χ0v) is 19.5. The number of nitrogens with zero attached hydrogens (tertiary/aromatic N) is 1. The Morgan fingerprint density at radius 1 is 0.886 bits per heavy atom. The maximum absolute atomic E-state index is 13.3. The van der Waals surface area contributed by atoms with Gasteiger partial charge in [-0.1, -0.05) is 36.4 Å². The lowest BCUT2D eigenvalue weighted by atomic mass is 9.79. The summed E-state index contributed by atoms with van der Waals surface area (Å²) in [5.74, 6) is 0.508. The van der Waals surface area contributed by atoms with E-state index in [0.717, 1.165) is 12.5 Å². The highest BCUT2D eigenvalue weighted by Gasteiger charge is 2.46. The number of phenols is 1. The number of aliphatic hydroxyl groups is 1. The summed E-state index contributed by atoms with van der Waals surface area (Å²) in [7, 11) is 3.12. The SMILES string of the molecule is COc1ccc(C(O)(c2ccc(OC)cc2)[C@@H]2CCCN2Cc2cccc(C(F)(F)F)c2O)cc1. The summed E-state index contributed by atoms with van der Waals surface area (Å²) in [5, 5.41) is 22.7. The molecule has 3 aromatic rings. The predicted molar refractivity (Wildman–Crippen MR) is 126 cm³/mol. The fourth-order valence-electron chi connectivity index (χ4n) is 4.90. The number of aromatic hydroxyl groups is 1. The van der Waals surface area contributed by atoms with Crippen LogP contribution in [-0.4, -0.2) is 41.9 Å². The van der Waals surface area contributed by atoms with Crippen molar-refractivity contribution < 1.29 is 32.9 Å². The number of benzene rings is 3. The first-order valence-corrected chi connectivity index (χ1v) is 11.3. The Hall–Kier alpha value is -3.23. The van der Waals surface area contributed by atoms with E-state index in [1.807, 2.05) is 4.90 Å². The molecule has 1 saturated heterocycles. The van der Waals surface area contributed by atoms with E-state index in [1.165, 1.54) is 12.1 Å². The van der Waals surface area contributed by atoms with Crippen LogP contribution in [0, 0.1) is 0 Å². The number of phenolic OH excluding ortho intramolecular Hbond substituents is 1. The van der Waals surface area contributed by atoms with Crippen molar-refractivity contribution in [2.75, 3.05) is 20.8 Å². The van der Waals surface area contributed by atoms with Crippen molar-refractivity contribution in [3.63, 3.8) is 0 Å². The molecule has 0 radical (unpaired) electrons. The zero-order valence-electron chi connectivity index (χ0n) is 19.5. The van der Waals surface area contributed by atoms with Gasteiger partial charge >= 0.3 is 6.18 Å². The van der Waals surface area contributed by atoms with Gasteiger partial charge in [0.25, 0.3) is 0 Å². The molecule has 35 heavy (non-hydrogen) atoms. The van der Waals surface area contributed by atoms with E-state index in [0.29, 0.717) is 35.6 Å². The van der Waals surface area contributed by atoms with Gasteiger partial charge in [-0.15, -0.1) is 0 Å². The number of hydrogen-bond donors (Lipinski definition) is 2. The van der Waals surface area contributed by atoms with E-state index in [1.54, 1.807) is 62.8 Å². The Balaban J connectivity index is 1.75. The van der Waals surface area contributed by atoms with Crippen molar-refractivity contribution in [1.29, 1.82) is 0 Å². The van der Waals surface area contributed by atoms with E-state index in [4.69, 9.17) is 9.47 Å². The van der Waals surface area contributed by atoms with Crippen LogP contribution in [0.1, 0.15) is 35.1 Å². The summed E-state index contributed by atoms with van der Waals surface area (Å²) in [6.07, 6.45) is -3.29. The number of methoxy groups -OCH3 is 2. The van der Waals surface area contributed by atoms with Crippen LogP contribution in [0.25, 0.3) is 0 Å². The van der Waals surface area contributed by atoms with E-state index in [9.17, 15) is 23.4 Å². The zero-order chi connectivity index (χ0) is 25.2. The van der Waals surface area contributed by atoms with Crippen LogP contribution < -0.4 is 9.47 Å². The Kier molecular flexibility index (Phi) is 6.96. The predicted octanol–water partition coefficient (Wildman–Crippen LogP) is 5.33. The number of para-hydroxylation sites is 1. The Labute approximate surface area is 202 Å². The number of ether oxygens (including phenoxy) is 2. The molecule has 4 rings (SSSR count). The van der Waals surface area contributed by atoms with Gasteiger partial charge in [0.1, 0.15) is 22.8 Å². The third kappa shape index (κ3) is 4.81. The quantitative estimate of drug-likeness (QED) is 0.472. The molecule has 0 bridgehead atoms. The van der Waals surface area contributed by atoms with Gasteiger partial charge in [-0.2, -0.15) is 13.2 Å². The molecule has 0 aliphatic carbocycles. The normalized spacial score (nSPS) is 16.9. The molecule has 0 saturated carbocycles. The highest BCUT2D eigenvalue weighted by atomic mass is 19.4. The Bertz CT molecular complexity index is 1100. The summed E-state index contributed by atoms with van der Waals surface area (Å²) in [4.78, 5) is 1.93. The smallest absolute Gasteiger partial charge is 0.419 e. The van der Waals surface area contributed by atoms with Crippen molar-refractivity contribution in [2.45, 2.75) is 37.2 Å². The van der Waals surface area contributed by atoms with Crippen molar-refractivity contribution in [3.05, 3.63) is 89.0 Å². The Morgan fingerprint density at radius 3 is 1.91 bits per heavy atom. The minimum absolute atomic E-state index is 0.0645. The number of rotatable bonds is 7. The summed E-state index contributed by atoms with van der Waals surface area (Å²) in [6.45, 7) is 0.629. The number of halogens is 3. The monoisotopic (exact) mass is 487 g/mol. The maximum Gasteiger partial charge on any atom is 0.419 e. The van der Waals surface area contributed by atoms with E-state index >= 15 is 0 Å². The van der Waals surface area contributed by atoms with Gasteiger partial charge in [-0.25, -0.2) is 0 Å². The summed E-state index contributed by atoms with van der Waals surface area (Å²) < 4.78 is 50.6. The maximum atomic E-state index is 13.3. The standard InChI is InChI=1S/C27H28F3NO4/c1-34-21-12-8-19(9-13-21)26(33,20-10-14-22(35-2)15-11-20)24-7-4-16-31(24)17-18-5-3-6-23(25(18)32)27(28,29)30/h3,5-6,8-15,24,32-33H,4,7,16-17H2,1-2H3/t24-/m0/s1. The highest BCUT2D eigenvalue weighted by molar-refractivity contribution is 5.44. The molecule has 2 N–H and O–H groups in total. The van der Waals surface area contributed by atoms with E-state index < -0.39 is 29.1 Å². The summed E-state index contributed by atoms with van der Waals surface area (Å²) in [6, 6.07) is 17.4. The fraction of sp³-hybridized carbons (Fsp3) is 0.333. The molecule has 0 unspecified atom stereocenters. The molecule has 1 fully saturated rings. The molecular weight excluding hydrogens is 459 g/mol. The minimum Gasteiger partial charge on any atom is -0.507 e. The lowest BCUT2D eigenvalue weighted by Gasteiger charge is -2.40. The van der Waals surface area contributed by atoms with Crippen LogP contribution in [0.2, 0.25) is 0 Å². The summed E-state index contributed by atoms with van der Waals surface area (Å²) >= 11 is 0. The van der Waals surface area contributed by atoms with Crippen LogP contribution in [0.15, 0.2) is 66.7 Å². The van der Waals surface area contributed by atoms with Gasteiger partial charge < -0.3 is 19.7 Å². The van der Waals surface area contributed by atoms with E-state index in [2.05, 4.69) is 0 Å². The molecule has 1 aliphatic heterocycles. The van der Waals surface area contributed by atoms with E-state index in [-0.39, 0.29) is 12.1 Å². The first-order chi connectivity index (χ1) is 16.7. The van der Waals surface area contributed by atoms with Gasteiger partial charge in [0.05, 0.1) is 19.8 Å². The molecular formula is C27H28F3NO4. The Morgan fingerprint density at radius 2 is 1.43 bits per heavy atom. The van der Waals surface area contributed by atoms with Crippen LogP contribution in [0.3, 0.4) is 0 Å². The molecule has 0 amide bonds. The molecule has 3 aromatic carbocycles. The number of alkyl halides is 3. The second kappa shape index (κ2) is 9.79. The average Bonchev–Trinajstić information content (AvgIpc) is 3.33. The lowest BCUT2D eigenvalue weighted by Crippen LogP contribution is -2.48. The third-order valence-electron chi connectivity index (χ3n) is 6.70. The van der Waals surface area contributed by atoms with Crippen LogP contribution >= 0.6 is 0 Å². The van der Waals surface area contributed by atoms with Gasteiger partial charge in [0.15, 0.2) is 0 Å². The largest absolute Gasteiger partial charge is 0.507 e. The second-order valence-corrected chi connectivity index (χ2v) is 8.66. The van der Waals surface area contributed by atoms with Crippen LogP contribution in [0.5, 0.6) is 17.2 Å². The topological polar surface area (TPSA) is 62.2 Å². The van der Waals surface area contributed by atoms with Crippen LogP contribution in [0.4, 0.5) is 13.2 Å². The van der Waals surface area contributed by atoms with Gasteiger partial charge in [-0.3, -0.25) is 4.90 Å².